The van der Waals surface area contributed by atoms with Gasteiger partial charge in [0.1, 0.15) is 0 Å². The largest absolute Gasteiger partial charge is 0.481 e. The Morgan fingerprint density at radius 3 is 2.80 bits per heavy atom. The number of nitrogens with one attached hydrogen (secondary N) is 2. The van der Waals surface area contributed by atoms with Gasteiger partial charge in [-0.05, 0) is 17.5 Å². The number of para-hydroxylation sites is 1. The molecule has 0 spiro atoms. The van der Waals surface area contributed by atoms with Crippen molar-refractivity contribution in [2.45, 2.75) is 26.2 Å². The van der Waals surface area contributed by atoms with Gasteiger partial charge in [-0.3, -0.25) is 9.59 Å². The van der Waals surface area contributed by atoms with Crippen LogP contribution in [0.25, 0.3) is 10.9 Å². The van der Waals surface area contributed by atoms with Crippen LogP contribution in [0, 0.1) is 0 Å². The summed E-state index contributed by atoms with van der Waals surface area (Å²) in [5.41, 5.74) is 3.23. The van der Waals surface area contributed by atoms with Crippen LogP contribution in [0.3, 0.4) is 0 Å². The number of aliphatic carboxylic acids is 1. The van der Waals surface area contributed by atoms with E-state index in [9.17, 15) is 9.59 Å². The first kappa shape index (κ1) is 14.1. The predicted molar refractivity (Wildman–Crippen MR) is 76.6 cm³/mol. The minimum absolute atomic E-state index is 0.0559. The van der Waals surface area contributed by atoms with Crippen LogP contribution < -0.4 is 5.32 Å². The number of carbonyl (C=O) groups is 2. The summed E-state index contributed by atoms with van der Waals surface area (Å²) in [5, 5.41) is 12.2. The molecule has 20 heavy (non-hydrogen) atoms. The van der Waals surface area contributed by atoms with E-state index in [-0.39, 0.29) is 25.3 Å². The summed E-state index contributed by atoms with van der Waals surface area (Å²) < 4.78 is 0. The van der Waals surface area contributed by atoms with Crippen LogP contribution >= 0.6 is 0 Å². The Balaban J connectivity index is 2.06. The minimum Gasteiger partial charge on any atom is -0.481 e. The third-order valence-electron chi connectivity index (χ3n) is 3.28. The molecule has 0 aliphatic rings. The molecular formula is C15H18N2O3. The van der Waals surface area contributed by atoms with E-state index in [0.29, 0.717) is 0 Å². The second-order valence-electron chi connectivity index (χ2n) is 4.68. The van der Waals surface area contributed by atoms with Crippen molar-refractivity contribution < 1.29 is 14.7 Å². The lowest BCUT2D eigenvalue weighted by Gasteiger charge is -2.03. The van der Waals surface area contributed by atoms with Crippen LogP contribution in [0.4, 0.5) is 0 Å². The van der Waals surface area contributed by atoms with Crippen molar-refractivity contribution in [3.05, 3.63) is 35.5 Å². The number of carboxylic acids is 1. The summed E-state index contributed by atoms with van der Waals surface area (Å²) in [5.74, 6) is -1.07. The minimum atomic E-state index is -0.912. The zero-order chi connectivity index (χ0) is 14.5. The Labute approximate surface area is 117 Å². The summed E-state index contributed by atoms with van der Waals surface area (Å²) in [6, 6.07) is 6.04. The molecule has 1 aromatic heterocycles. The summed E-state index contributed by atoms with van der Waals surface area (Å²) in [6.07, 6.45) is 2.98. The van der Waals surface area contributed by atoms with E-state index in [2.05, 4.69) is 23.3 Å². The molecule has 0 aliphatic carbocycles. The first-order chi connectivity index (χ1) is 9.61. The van der Waals surface area contributed by atoms with Crippen molar-refractivity contribution in [1.29, 1.82) is 0 Å². The molecule has 0 unspecified atom stereocenters. The van der Waals surface area contributed by atoms with Gasteiger partial charge in [-0.25, -0.2) is 0 Å². The molecule has 0 atom stereocenters. The summed E-state index contributed by atoms with van der Waals surface area (Å²) in [6.45, 7) is 2.25. The number of H-pyrrole nitrogens is 1. The topological polar surface area (TPSA) is 82.2 Å². The predicted octanol–water partition coefficient (Wildman–Crippen LogP) is 1.86. The number of aryl methyl sites for hydroxylation is 1. The van der Waals surface area contributed by atoms with Gasteiger partial charge in [0.2, 0.25) is 5.91 Å². The first-order valence-electron chi connectivity index (χ1n) is 6.68. The second-order valence-corrected chi connectivity index (χ2v) is 4.68. The number of carboxylic acid groups (broad SMARTS) is 1. The van der Waals surface area contributed by atoms with E-state index in [4.69, 9.17) is 5.11 Å². The summed E-state index contributed by atoms with van der Waals surface area (Å²) >= 11 is 0. The highest BCUT2D eigenvalue weighted by atomic mass is 16.4. The lowest BCUT2D eigenvalue weighted by Crippen LogP contribution is -2.27. The number of fused-ring (bicyclic) bond motifs is 1. The number of aromatic nitrogens is 1. The van der Waals surface area contributed by atoms with E-state index in [0.717, 1.165) is 22.9 Å². The van der Waals surface area contributed by atoms with Gasteiger partial charge in [0, 0.05) is 23.6 Å². The Morgan fingerprint density at radius 2 is 2.10 bits per heavy atom. The number of rotatable bonds is 6. The number of aromatic amines is 1. The Morgan fingerprint density at radius 1 is 1.30 bits per heavy atom. The maximum atomic E-state index is 11.8. The molecule has 5 heteroatoms. The monoisotopic (exact) mass is 274 g/mol. The van der Waals surface area contributed by atoms with Gasteiger partial charge in [0.05, 0.1) is 12.8 Å². The van der Waals surface area contributed by atoms with Crippen molar-refractivity contribution in [3.63, 3.8) is 0 Å². The molecule has 1 amide bonds. The smallest absolute Gasteiger partial charge is 0.305 e. The molecule has 5 nitrogen and oxygen atoms in total. The molecule has 2 rings (SSSR count). The molecule has 106 valence electrons. The van der Waals surface area contributed by atoms with Gasteiger partial charge >= 0.3 is 5.97 Å². The van der Waals surface area contributed by atoms with Crippen LogP contribution in [0.2, 0.25) is 0 Å². The lowest BCUT2D eigenvalue weighted by atomic mass is 10.1. The van der Waals surface area contributed by atoms with E-state index in [1.54, 1.807) is 0 Å². The van der Waals surface area contributed by atoms with Crippen LogP contribution in [0.1, 0.15) is 24.5 Å². The highest BCUT2D eigenvalue weighted by Gasteiger charge is 2.10. The number of benzene rings is 1. The average molecular weight is 274 g/mol. The van der Waals surface area contributed by atoms with E-state index < -0.39 is 5.97 Å². The van der Waals surface area contributed by atoms with Crippen LogP contribution in [0.15, 0.2) is 24.4 Å². The van der Waals surface area contributed by atoms with E-state index >= 15 is 0 Å². The van der Waals surface area contributed by atoms with E-state index in [1.165, 1.54) is 5.56 Å². The molecule has 3 N–H and O–H groups in total. The molecule has 1 aromatic carbocycles. The molecule has 0 saturated carbocycles. The van der Waals surface area contributed by atoms with Crippen molar-refractivity contribution in [1.82, 2.24) is 10.3 Å². The Hall–Kier alpha value is -2.30. The lowest BCUT2D eigenvalue weighted by molar-refractivity contribution is -0.136. The molecule has 2 aromatic rings. The zero-order valence-corrected chi connectivity index (χ0v) is 11.4. The molecular weight excluding hydrogens is 256 g/mol. The van der Waals surface area contributed by atoms with Crippen LogP contribution in [-0.2, 0) is 22.4 Å². The average Bonchev–Trinajstić information content (AvgIpc) is 2.81. The van der Waals surface area contributed by atoms with Crippen LogP contribution in [-0.4, -0.2) is 28.5 Å². The van der Waals surface area contributed by atoms with Crippen molar-refractivity contribution in [2.24, 2.45) is 0 Å². The fourth-order valence-electron chi connectivity index (χ4n) is 2.26. The standard InChI is InChI=1S/C15H18N2O3/c1-2-10-4-3-5-12-11(9-17-15(10)12)8-13(18)16-7-6-14(19)20/h3-5,9,17H,2,6-8H2,1H3,(H,16,18)(H,19,20). The number of carbonyl (C=O) groups excluding carboxylic acids is 1. The fourth-order valence-corrected chi connectivity index (χ4v) is 2.26. The highest BCUT2D eigenvalue weighted by Crippen LogP contribution is 2.22. The van der Waals surface area contributed by atoms with Crippen molar-refractivity contribution >= 4 is 22.8 Å². The molecule has 0 radical (unpaired) electrons. The third-order valence-corrected chi connectivity index (χ3v) is 3.28. The molecule has 0 bridgehead atoms. The molecule has 1 heterocycles. The van der Waals surface area contributed by atoms with Crippen molar-refractivity contribution in [2.75, 3.05) is 6.54 Å². The highest BCUT2D eigenvalue weighted by molar-refractivity contribution is 5.90. The van der Waals surface area contributed by atoms with Gasteiger partial charge in [0.15, 0.2) is 0 Å². The van der Waals surface area contributed by atoms with Gasteiger partial charge in [-0.15, -0.1) is 0 Å². The van der Waals surface area contributed by atoms with Gasteiger partial charge in [-0.1, -0.05) is 25.1 Å². The van der Waals surface area contributed by atoms with Gasteiger partial charge < -0.3 is 15.4 Å². The van der Waals surface area contributed by atoms with Gasteiger partial charge in [-0.2, -0.15) is 0 Å². The summed E-state index contributed by atoms with van der Waals surface area (Å²) in [7, 11) is 0. The van der Waals surface area contributed by atoms with Crippen LogP contribution in [0.5, 0.6) is 0 Å². The summed E-state index contributed by atoms with van der Waals surface area (Å²) in [4.78, 5) is 25.4. The maximum Gasteiger partial charge on any atom is 0.305 e. The Kier molecular flexibility index (Phi) is 4.40. The number of amides is 1. The first-order valence-corrected chi connectivity index (χ1v) is 6.68. The van der Waals surface area contributed by atoms with Gasteiger partial charge in [0.25, 0.3) is 0 Å². The van der Waals surface area contributed by atoms with E-state index in [1.807, 2.05) is 18.3 Å². The second kappa shape index (κ2) is 6.23. The SMILES string of the molecule is CCc1cccc2c(CC(=O)NCCC(=O)O)c[nH]c12. The normalized spacial score (nSPS) is 10.7. The fraction of sp³-hybridized carbons (Fsp3) is 0.333. The maximum absolute atomic E-state index is 11.8. The Bertz CT molecular complexity index is 631. The van der Waals surface area contributed by atoms with Crippen molar-refractivity contribution in [3.8, 4) is 0 Å². The molecule has 0 saturated heterocycles. The quantitative estimate of drug-likeness (QED) is 0.752. The third kappa shape index (κ3) is 3.17. The zero-order valence-electron chi connectivity index (χ0n) is 11.4. The molecule has 0 fully saturated rings. The molecule has 0 aliphatic heterocycles. The number of hydrogen-bond donors (Lipinski definition) is 3. The number of hydrogen-bond acceptors (Lipinski definition) is 2.